The summed E-state index contributed by atoms with van der Waals surface area (Å²) < 4.78 is 11.3. The summed E-state index contributed by atoms with van der Waals surface area (Å²) in [5, 5.41) is 2.94. The SMILES string of the molecule is COc1ccc(COc2nc(N3CCc4ccccc43)ncc2C(=O)NCCc2ccccn2)cc1. The highest BCUT2D eigenvalue weighted by Crippen LogP contribution is 2.33. The third-order valence-corrected chi connectivity index (χ3v) is 6.04. The molecule has 2 aromatic heterocycles. The largest absolute Gasteiger partial charge is 0.497 e. The molecule has 5 rings (SSSR count). The number of methoxy groups -OCH3 is 1. The van der Waals surface area contributed by atoms with Gasteiger partial charge < -0.3 is 19.7 Å². The Labute approximate surface area is 210 Å². The molecule has 1 aliphatic rings. The number of para-hydroxylation sites is 1. The molecule has 0 radical (unpaired) electrons. The van der Waals surface area contributed by atoms with E-state index in [0.29, 0.717) is 24.5 Å². The highest BCUT2D eigenvalue weighted by Gasteiger charge is 2.24. The van der Waals surface area contributed by atoms with Crippen molar-refractivity contribution in [3.63, 3.8) is 0 Å². The molecule has 36 heavy (non-hydrogen) atoms. The summed E-state index contributed by atoms with van der Waals surface area (Å²) in [5.41, 5.74) is 4.46. The van der Waals surface area contributed by atoms with Gasteiger partial charge in [0.2, 0.25) is 11.8 Å². The van der Waals surface area contributed by atoms with Crippen LogP contribution in [0.3, 0.4) is 0 Å². The van der Waals surface area contributed by atoms with Crippen LogP contribution in [-0.4, -0.2) is 41.1 Å². The number of hydrogen-bond acceptors (Lipinski definition) is 7. The number of amides is 1. The molecule has 1 amide bonds. The maximum Gasteiger partial charge on any atom is 0.258 e. The van der Waals surface area contributed by atoms with Crippen molar-refractivity contribution < 1.29 is 14.3 Å². The second-order valence-electron chi connectivity index (χ2n) is 8.38. The van der Waals surface area contributed by atoms with Gasteiger partial charge in [-0.2, -0.15) is 4.98 Å². The number of pyridine rings is 1. The average Bonchev–Trinajstić information content (AvgIpc) is 3.37. The van der Waals surface area contributed by atoms with Gasteiger partial charge in [-0.3, -0.25) is 9.78 Å². The molecule has 1 N–H and O–H groups in total. The molecule has 0 bridgehead atoms. The van der Waals surface area contributed by atoms with Crippen LogP contribution in [0.25, 0.3) is 0 Å². The predicted molar refractivity (Wildman–Crippen MR) is 137 cm³/mol. The van der Waals surface area contributed by atoms with Gasteiger partial charge >= 0.3 is 0 Å². The second kappa shape index (κ2) is 10.9. The van der Waals surface area contributed by atoms with Crippen LogP contribution in [-0.2, 0) is 19.4 Å². The van der Waals surface area contributed by atoms with E-state index in [2.05, 4.69) is 37.3 Å². The molecular formula is C28H27N5O3. The van der Waals surface area contributed by atoms with Crippen molar-refractivity contribution in [2.24, 2.45) is 0 Å². The number of fused-ring (bicyclic) bond motifs is 1. The van der Waals surface area contributed by atoms with Crippen molar-refractivity contribution in [2.75, 3.05) is 25.1 Å². The Morgan fingerprint density at radius 3 is 2.67 bits per heavy atom. The Balaban J connectivity index is 1.36. The summed E-state index contributed by atoms with van der Waals surface area (Å²) in [6.07, 6.45) is 4.82. The number of rotatable bonds is 9. The lowest BCUT2D eigenvalue weighted by Crippen LogP contribution is -2.27. The number of carbonyl (C=O) groups is 1. The minimum Gasteiger partial charge on any atom is -0.497 e. The molecule has 4 aromatic rings. The first-order valence-electron chi connectivity index (χ1n) is 11.9. The second-order valence-corrected chi connectivity index (χ2v) is 8.38. The number of ether oxygens (including phenoxy) is 2. The summed E-state index contributed by atoms with van der Waals surface area (Å²) in [6, 6.07) is 21.5. The summed E-state index contributed by atoms with van der Waals surface area (Å²) >= 11 is 0. The van der Waals surface area contributed by atoms with Crippen molar-refractivity contribution in [2.45, 2.75) is 19.4 Å². The number of aromatic nitrogens is 3. The van der Waals surface area contributed by atoms with Gasteiger partial charge in [-0.15, -0.1) is 0 Å². The molecule has 182 valence electrons. The summed E-state index contributed by atoms with van der Waals surface area (Å²) in [6.45, 7) is 1.47. The Bertz CT molecular complexity index is 1330. The molecule has 0 saturated heterocycles. The fourth-order valence-corrected chi connectivity index (χ4v) is 4.12. The zero-order valence-electron chi connectivity index (χ0n) is 20.1. The molecule has 3 heterocycles. The summed E-state index contributed by atoms with van der Waals surface area (Å²) in [4.78, 5) is 28.6. The van der Waals surface area contributed by atoms with Crippen LogP contribution in [0.4, 0.5) is 11.6 Å². The van der Waals surface area contributed by atoms with E-state index in [9.17, 15) is 4.79 Å². The number of nitrogens with zero attached hydrogens (tertiary/aromatic N) is 4. The summed E-state index contributed by atoms with van der Waals surface area (Å²) in [7, 11) is 1.63. The van der Waals surface area contributed by atoms with Crippen LogP contribution >= 0.6 is 0 Å². The van der Waals surface area contributed by atoms with Gasteiger partial charge in [0.15, 0.2) is 0 Å². The quantitative estimate of drug-likeness (QED) is 0.385. The molecule has 0 fully saturated rings. The smallest absolute Gasteiger partial charge is 0.258 e. The van der Waals surface area contributed by atoms with Crippen molar-refractivity contribution in [1.29, 1.82) is 0 Å². The number of anilines is 2. The normalized spacial score (nSPS) is 12.2. The van der Waals surface area contributed by atoms with Gasteiger partial charge in [0.1, 0.15) is 17.9 Å². The van der Waals surface area contributed by atoms with E-state index >= 15 is 0 Å². The third-order valence-electron chi connectivity index (χ3n) is 6.04. The molecule has 8 nitrogen and oxygen atoms in total. The third kappa shape index (κ3) is 5.27. The molecule has 1 aliphatic heterocycles. The van der Waals surface area contributed by atoms with Crippen LogP contribution in [0.5, 0.6) is 11.6 Å². The zero-order chi connectivity index (χ0) is 24.7. The van der Waals surface area contributed by atoms with Crippen LogP contribution in [0, 0.1) is 0 Å². The molecular weight excluding hydrogens is 454 g/mol. The Morgan fingerprint density at radius 1 is 1.03 bits per heavy atom. The molecule has 0 spiro atoms. The van der Waals surface area contributed by atoms with E-state index in [1.165, 1.54) is 5.56 Å². The molecule has 8 heteroatoms. The molecule has 0 aliphatic carbocycles. The fourth-order valence-electron chi connectivity index (χ4n) is 4.12. The molecule has 0 atom stereocenters. The van der Waals surface area contributed by atoms with Crippen molar-refractivity contribution in [3.05, 3.63) is 102 Å². The average molecular weight is 482 g/mol. The number of nitrogens with one attached hydrogen (secondary N) is 1. The van der Waals surface area contributed by atoms with Gasteiger partial charge in [0, 0.05) is 43.3 Å². The lowest BCUT2D eigenvalue weighted by Gasteiger charge is -2.19. The maximum absolute atomic E-state index is 13.1. The van der Waals surface area contributed by atoms with E-state index in [1.54, 1.807) is 19.5 Å². The van der Waals surface area contributed by atoms with Gasteiger partial charge in [-0.05, 0) is 47.9 Å². The van der Waals surface area contributed by atoms with E-state index in [0.717, 1.165) is 35.7 Å². The molecule has 2 aromatic carbocycles. The highest BCUT2D eigenvalue weighted by atomic mass is 16.5. The van der Waals surface area contributed by atoms with E-state index in [1.807, 2.05) is 54.6 Å². The first kappa shape index (κ1) is 23.3. The monoisotopic (exact) mass is 481 g/mol. The van der Waals surface area contributed by atoms with Gasteiger partial charge in [-0.1, -0.05) is 36.4 Å². The Hall–Kier alpha value is -4.46. The van der Waals surface area contributed by atoms with Gasteiger partial charge in [-0.25, -0.2) is 4.98 Å². The lowest BCUT2D eigenvalue weighted by molar-refractivity contribution is 0.0948. The minimum atomic E-state index is -0.288. The Kier molecular flexibility index (Phi) is 7.02. The van der Waals surface area contributed by atoms with Crippen LogP contribution in [0.2, 0.25) is 0 Å². The number of carbonyl (C=O) groups excluding carboxylic acids is 1. The Morgan fingerprint density at radius 2 is 1.86 bits per heavy atom. The molecule has 0 saturated carbocycles. The number of hydrogen-bond donors (Lipinski definition) is 1. The van der Waals surface area contributed by atoms with E-state index in [4.69, 9.17) is 9.47 Å². The van der Waals surface area contributed by atoms with E-state index in [-0.39, 0.29) is 18.4 Å². The van der Waals surface area contributed by atoms with Crippen LogP contribution in [0.1, 0.15) is 27.2 Å². The van der Waals surface area contributed by atoms with Crippen LogP contribution in [0.15, 0.2) is 79.1 Å². The lowest BCUT2D eigenvalue weighted by atomic mass is 10.2. The predicted octanol–water partition coefficient (Wildman–Crippen LogP) is 4.13. The fraction of sp³-hybridized carbons (Fsp3) is 0.214. The van der Waals surface area contributed by atoms with Gasteiger partial charge in [0.05, 0.1) is 7.11 Å². The standard InChI is InChI=1S/C28H27N5O3/c1-35-23-11-9-20(10-12-23)19-36-27-24(26(34)30-16-13-22-7-4-5-15-29-22)18-31-28(32-27)33-17-14-21-6-2-3-8-25(21)33/h2-12,15,18H,13-14,16-17,19H2,1H3,(H,30,34). The van der Waals surface area contributed by atoms with Crippen LogP contribution < -0.4 is 19.7 Å². The first-order valence-corrected chi connectivity index (χ1v) is 11.9. The van der Waals surface area contributed by atoms with Crippen molar-refractivity contribution in [1.82, 2.24) is 20.3 Å². The van der Waals surface area contributed by atoms with Crippen molar-refractivity contribution in [3.8, 4) is 11.6 Å². The van der Waals surface area contributed by atoms with E-state index < -0.39 is 0 Å². The molecule has 0 unspecified atom stereocenters. The topological polar surface area (TPSA) is 89.5 Å². The zero-order valence-corrected chi connectivity index (χ0v) is 20.1. The highest BCUT2D eigenvalue weighted by molar-refractivity contribution is 5.96. The number of benzene rings is 2. The summed E-state index contributed by atoms with van der Waals surface area (Å²) in [5.74, 6) is 1.23. The maximum atomic E-state index is 13.1. The first-order chi connectivity index (χ1) is 17.7. The van der Waals surface area contributed by atoms with Gasteiger partial charge in [0.25, 0.3) is 5.91 Å². The minimum absolute atomic E-state index is 0.246. The van der Waals surface area contributed by atoms with Crippen molar-refractivity contribution >= 4 is 17.5 Å².